The van der Waals surface area contributed by atoms with Gasteiger partial charge in [0.1, 0.15) is 0 Å². The van der Waals surface area contributed by atoms with Gasteiger partial charge in [0.15, 0.2) is 0 Å². The number of carboxylic acid groups (broad SMARTS) is 1. The van der Waals surface area contributed by atoms with Crippen molar-refractivity contribution in [2.24, 2.45) is 0 Å². The predicted octanol–water partition coefficient (Wildman–Crippen LogP) is 2.61. The van der Waals surface area contributed by atoms with Gasteiger partial charge in [0.05, 0.1) is 10.5 Å². The summed E-state index contributed by atoms with van der Waals surface area (Å²) in [4.78, 5) is 25.0. The predicted molar refractivity (Wildman–Crippen MR) is 76.4 cm³/mol. The van der Waals surface area contributed by atoms with E-state index in [4.69, 9.17) is 5.11 Å². The molecular weight excluding hydrogens is 274 g/mol. The van der Waals surface area contributed by atoms with Crippen molar-refractivity contribution in [3.05, 3.63) is 63.3 Å². The Balaban J connectivity index is 2.23. The van der Waals surface area contributed by atoms with E-state index in [1.165, 1.54) is 0 Å². The standard InChI is InChI=1S/C14H13N3O4/c1-9-3-2-4-10(5-9)7-15-13-12(17(20)21)6-11(8-16-13)14(18)19/h2-6,8H,7H2,1H3,(H,15,16)(H,18,19). The number of aryl methyl sites for hydroxylation is 1. The second-order valence-corrected chi connectivity index (χ2v) is 4.50. The van der Waals surface area contributed by atoms with Gasteiger partial charge in [-0.2, -0.15) is 0 Å². The Labute approximate surface area is 120 Å². The lowest BCUT2D eigenvalue weighted by Crippen LogP contribution is -2.07. The van der Waals surface area contributed by atoms with Gasteiger partial charge in [0, 0.05) is 18.8 Å². The van der Waals surface area contributed by atoms with Crippen LogP contribution >= 0.6 is 0 Å². The van der Waals surface area contributed by atoms with Crippen LogP contribution in [-0.2, 0) is 6.54 Å². The molecule has 0 radical (unpaired) electrons. The number of benzene rings is 1. The molecule has 1 aromatic heterocycles. The summed E-state index contributed by atoms with van der Waals surface area (Å²) in [6, 6.07) is 8.67. The van der Waals surface area contributed by atoms with Crippen LogP contribution in [0.2, 0.25) is 0 Å². The van der Waals surface area contributed by atoms with Gasteiger partial charge in [0.25, 0.3) is 0 Å². The van der Waals surface area contributed by atoms with E-state index in [9.17, 15) is 14.9 Å². The SMILES string of the molecule is Cc1cccc(CNc2ncc(C(=O)O)cc2[N+](=O)[O-])c1. The molecule has 0 amide bonds. The van der Waals surface area contributed by atoms with Crippen LogP contribution in [0.4, 0.5) is 11.5 Å². The number of nitrogens with one attached hydrogen (secondary N) is 1. The highest BCUT2D eigenvalue weighted by Crippen LogP contribution is 2.23. The van der Waals surface area contributed by atoms with Crippen molar-refractivity contribution in [3.63, 3.8) is 0 Å². The van der Waals surface area contributed by atoms with Gasteiger partial charge in [0.2, 0.25) is 5.82 Å². The van der Waals surface area contributed by atoms with Crippen LogP contribution in [0.5, 0.6) is 0 Å². The summed E-state index contributed by atoms with van der Waals surface area (Å²) in [5, 5.41) is 22.7. The van der Waals surface area contributed by atoms with Crippen LogP contribution in [0.1, 0.15) is 21.5 Å². The summed E-state index contributed by atoms with van der Waals surface area (Å²) in [5.74, 6) is -1.21. The maximum atomic E-state index is 11.0. The molecule has 0 aliphatic carbocycles. The fraction of sp³-hybridized carbons (Fsp3) is 0.143. The van der Waals surface area contributed by atoms with E-state index < -0.39 is 10.9 Å². The van der Waals surface area contributed by atoms with Crippen LogP contribution in [0, 0.1) is 17.0 Å². The molecule has 2 rings (SSSR count). The molecule has 0 bridgehead atoms. The first-order valence-corrected chi connectivity index (χ1v) is 6.14. The van der Waals surface area contributed by atoms with Crippen molar-refractivity contribution in [2.75, 3.05) is 5.32 Å². The summed E-state index contributed by atoms with van der Waals surface area (Å²) in [5.41, 5.74) is 1.46. The quantitative estimate of drug-likeness (QED) is 0.646. The normalized spacial score (nSPS) is 10.1. The summed E-state index contributed by atoms with van der Waals surface area (Å²) >= 11 is 0. The lowest BCUT2D eigenvalue weighted by atomic mass is 10.1. The van der Waals surface area contributed by atoms with Gasteiger partial charge >= 0.3 is 11.7 Å². The molecule has 0 atom stereocenters. The zero-order chi connectivity index (χ0) is 15.4. The van der Waals surface area contributed by atoms with E-state index in [0.29, 0.717) is 6.54 Å². The molecule has 2 aromatic rings. The monoisotopic (exact) mass is 287 g/mol. The number of carbonyl (C=O) groups is 1. The van der Waals surface area contributed by atoms with Gasteiger partial charge in [-0.25, -0.2) is 9.78 Å². The van der Waals surface area contributed by atoms with Crippen molar-refractivity contribution in [2.45, 2.75) is 13.5 Å². The van der Waals surface area contributed by atoms with E-state index in [1.54, 1.807) is 0 Å². The minimum atomic E-state index is -1.25. The maximum Gasteiger partial charge on any atom is 0.337 e. The largest absolute Gasteiger partial charge is 0.478 e. The van der Waals surface area contributed by atoms with E-state index in [1.807, 2.05) is 31.2 Å². The van der Waals surface area contributed by atoms with Crippen LogP contribution in [-0.4, -0.2) is 21.0 Å². The molecule has 0 saturated carbocycles. The van der Waals surface area contributed by atoms with Crippen molar-refractivity contribution in [3.8, 4) is 0 Å². The minimum absolute atomic E-state index is 0.0477. The first-order valence-electron chi connectivity index (χ1n) is 6.14. The van der Waals surface area contributed by atoms with Gasteiger partial charge < -0.3 is 10.4 Å². The van der Waals surface area contributed by atoms with Crippen LogP contribution in [0.15, 0.2) is 36.5 Å². The second-order valence-electron chi connectivity index (χ2n) is 4.50. The highest BCUT2D eigenvalue weighted by atomic mass is 16.6. The molecule has 0 aliphatic heterocycles. The van der Waals surface area contributed by atoms with Gasteiger partial charge in [-0.15, -0.1) is 0 Å². The van der Waals surface area contributed by atoms with Crippen LogP contribution < -0.4 is 5.32 Å². The third kappa shape index (κ3) is 3.53. The topological polar surface area (TPSA) is 105 Å². The number of nitrogens with zero attached hydrogens (tertiary/aromatic N) is 2. The fourth-order valence-corrected chi connectivity index (χ4v) is 1.85. The Morgan fingerprint density at radius 2 is 2.19 bits per heavy atom. The highest BCUT2D eigenvalue weighted by molar-refractivity contribution is 5.88. The number of aromatic nitrogens is 1. The van der Waals surface area contributed by atoms with E-state index >= 15 is 0 Å². The first-order chi connectivity index (χ1) is 9.97. The Morgan fingerprint density at radius 3 is 2.81 bits per heavy atom. The first kappa shape index (κ1) is 14.4. The molecule has 0 spiro atoms. The Bertz CT molecular complexity index is 700. The van der Waals surface area contributed by atoms with Crippen molar-refractivity contribution >= 4 is 17.5 Å². The molecule has 0 aliphatic rings. The zero-order valence-electron chi connectivity index (χ0n) is 11.2. The number of carboxylic acids is 1. The molecule has 1 heterocycles. The number of anilines is 1. The molecule has 0 fully saturated rings. The summed E-state index contributed by atoms with van der Waals surface area (Å²) in [6.07, 6.45) is 1.09. The van der Waals surface area contributed by atoms with Crippen molar-refractivity contribution in [1.82, 2.24) is 4.98 Å². The van der Waals surface area contributed by atoms with Gasteiger partial charge in [-0.1, -0.05) is 29.8 Å². The Morgan fingerprint density at radius 1 is 1.43 bits per heavy atom. The van der Waals surface area contributed by atoms with Crippen LogP contribution in [0.25, 0.3) is 0 Å². The fourth-order valence-electron chi connectivity index (χ4n) is 1.85. The second kappa shape index (κ2) is 6.00. The maximum absolute atomic E-state index is 11.0. The van der Waals surface area contributed by atoms with Crippen molar-refractivity contribution < 1.29 is 14.8 Å². The number of nitro groups is 1. The lowest BCUT2D eigenvalue weighted by Gasteiger charge is -2.07. The van der Waals surface area contributed by atoms with E-state index in [2.05, 4.69) is 10.3 Å². The van der Waals surface area contributed by atoms with E-state index in [0.717, 1.165) is 23.4 Å². The average molecular weight is 287 g/mol. The summed E-state index contributed by atoms with van der Waals surface area (Å²) < 4.78 is 0. The highest BCUT2D eigenvalue weighted by Gasteiger charge is 2.18. The Kier molecular flexibility index (Phi) is 4.13. The summed E-state index contributed by atoms with van der Waals surface area (Å²) in [6.45, 7) is 2.31. The molecular formula is C14H13N3O4. The van der Waals surface area contributed by atoms with E-state index in [-0.39, 0.29) is 17.1 Å². The number of pyridine rings is 1. The molecule has 7 nitrogen and oxygen atoms in total. The van der Waals surface area contributed by atoms with Gasteiger partial charge in [-0.05, 0) is 12.5 Å². The smallest absolute Gasteiger partial charge is 0.337 e. The molecule has 1 aromatic carbocycles. The zero-order valence-corrected chi connectivity index (χ0v) is 11.2. The third-order valence-electron chi connectivity index (χ3n) is 2.85. The molecule has 21 heavy (non-hydrogen) atoms. The van der Waals surface area contributed by atoms with Crippen molar-refractivity contribution in [1.29, 1.82) is 0 Å². The van der Waals surface area contributed by atoms with Gasteiger partial charge in [-0.3, -0.25) is 10.1 Å². The van der Waals surface area contributed by atoms with Crippen LogP contribution in [0.3, 0.4) is 0 Å². The molecule has 7 heteroatoms. The number of hydrogen-bond donors (Lipinski definition) is 2. The number of hydrogen-bond acceptors (Lipinski definition) is 5. The lowest BCUT2D eigenvalue weighted by molar-refractivity contribution is -0.384. The molecule has 0 unspecified atom stereocenters. The molecule has 108 valence electrons. The summed E-state index contributed by atoms with van der Waals surface area (Å²) in [7, 11) is 0. The average Bonchev–Trinajstić information content (AvgIpc) is 2.44. The molecule has 0 saturated heterocycles. The third-order valence-corrected chi connectivity index (χ3v) is 2.85. The molecule has 2 N–H and O–H groups in total. The minimum Gasteiger partial charge on any atom is -0.478 e. The number of aromatic carboxylic acids is 1. The number of rotatable bonds is 5. The Hall–Kier alpha value is -2.96.